The zero-order valence-electron chi connectivity index (χ0n) is 35.2. The van der Waals surface area contributed by atoms with Crippen molar-refractivity contribution in [3.05, 3.63) is 101 Å². The summed E-state index contributed by atoms with van der Waals surface area (Å²) in [7, 11) is 1.42. The number of benzene rings is 3. The molecule has 310 valence electrons. The van der Waals surface area contributed by atoms with Crippen molar-refractivity contribution in [2.75, 3.05) is 26.2 Å². The zero-order valence-corrected chi connectivity index (χ0v) is 35.9. The lowest BCUT2D eigenvalue weighted by molar-refractivity contribution is -0.179. The molecule has 0 heterocycles. The Balaban J connectivity index is 1.04. The van der Waals surface area contributed by atoms with Crippen molar-refractivity contribution < 1.29 is 29.3 Å². The Morgan fingerprint density at radius 3 is 2.14 bits per heavy atom. The van der Waals surface area contributed by atoms with Gasteiger partial charge in [-0.1, -0.05) is 94.4 Å². The van der Waals surface area contributed by atoms with E-state index >= 15 is 0 Å². The molecule has 0 saturated heterocycles. The van der Waals surface area contributed by atoms with Crippen LogP contribution in [0.2, 0.25) is 0 Å². The lowest BCUT2D eigenvalue weighted by Gasteiger charge is -2.69. The molecule has 3 saturated carbocycles. The van der Waals surface area contributed by atoms with E-state index in [0.29, 0.717) is 36.2 Å². The molecule has 3 fully saturated rings. The van der Waals surface area contributed by atoms with Gasteiger partial charge in [0.15, 0.2) is 0 Å². The third-order valence-corrected chi connectivity index (χ3v) is 17.0. The molecule has 3 aromatic carbocycles. The number of ether oxygens (including phenoxy) is 2. The van der Waals surface area contributed by atoms with Crippen molar-refractivity contribution in [2.45, 2.75) is 103 Å². The number of esters is 1. The van der Waals surface area contributed by atoms with Crippen LogP contribution in [-0.2, 0) is 9.47 Å². The Kier molecular flexibility index (Phi) is 10.7. The van der Waals surface area contributed by atoms with Gasteiger partial charge in [-0.3, -0.25) is 0 Å². The van der Waals surface area contributed by atoms with Crippen LogP contribution in [0.5, 0.6) is 0 Å². The van der Waals surface area contributed by atoms with Gasteiger partial charge in [0.05, 0.1) is 30.4 Å². The third kappa shape index (κ3) is 6.62. The first-order chi connectivity index (χ1) is 27.6. The minimum Gasteiger partial charge on any atom is -0.465 e. The molecule has 3 N–H and O–H groups in total. The second-order valence-electron chi connectivity index (χ2n) is 19.9. The molecule has 3 aromatic rings. The number of carbonyl (C=O) groups is 2. The van der Waals surface area contributed by atoms with E-state index in [4.69, 9.17) is 21.1 Å². The molecule has 9 atom stereocenters. The summed E-state index contributed by atoms with van der Waals surface area (Å²) in [5.41, 5.74) is 5.78. The average Bonchev–Trinajstić information content (AvgIpc) is 3.53. The van der Waals surface area contributed by atoms with Gasteiger partial charge < -0.3 is 25.0 Å². The fraction of sp³-hybridized carbons (Fsp3) is 0.560. The number of aliphatic hydroxyl groups excluding tert-OH is 1. The zero-order chi connectivity index (χ0) is 41.3. The summed E-state index contributed by atoms with van der Waals surface area (Å²) in [6, 6.07) is 24.6. The van der Waals surface area contributed by atoms with Crippen molar-refractivity contribution in [3.8, 4) is 11.1 Å². The number of halogens is 1. The van der Waals surface area contributed by atoms with E-state index in [9.17, 15) is 19.8 Å². The van der Waals surface area contributed by atoms with Crippen LogP contribution >= 0.6 is 11.6 Å². The Hall–Kier alpha value is -3.65. The minimum atomic E-state index is -1.32. The number of hydrogen-bond donors (Lipinski definition) is 3. The molecular formula is C50H62ClNO6. The number of nitrogens with one attached hydrogen (secondary N) is 1. The van der Waals surface area contributed by atoms with E-state index < -0.39 is 17.2 Å². The molecule has 0 aliphatic heterocycles. The third-order valence-electron chi connectivity index (χ3n) is 16.5. The molecule has 0 aromatic heterocycles. The first kappa shape index (κ1) is 41.1. The Morgan fingerprint density at radius 2 is 1.52 bits per heavy atom. The van der Waals surface area contributed by atoms with E-state index in [-0.39, 0.29) is 59.1 Å². The van der Waals surface area contributed by atoms with Gasteiger partial charge in [0.2, 0.25) is 0 Å². The maximum atomic E-state index is 14.0. The molecule has 0 spiro atoms. The lowest BCUT2D eigenvalue weighted by Crippen LogP contribution is -2.66. The molecule has 7 nitrogen and oxygen atoms in total. The molecule has 0 bridgehead atoms. The first-order valence-corrected chi connectivity index (χ1v) is 22.1. The number of alkyl halides is 1. The molecule has 8 heteroatoms. The van der Waals surface area contributed by atoms with Crippen molar-refractivity contribution in [1.29, 1.82) is 0 Å². The van der Waals surface area contributed by atoms with Crippen LogP contribution in [0.3, 0.4) is 0 Å². The van der Waals surface area contributed by atoms with Crippen LogP contribution in [0.15, 0.2) is 78.9 Å². The number of hydrogen-bond acceptors (Lipinski definition) is 6. The number of aliphatic hydroxyl groups is 2. The maximum Gasteiger partial charge on any atom is 0.407 e. The summed E-state index contributed by atoms with van der Waals surface area (Å²) in [5, 5.41) is 25.3. The highest BCUT2D eigenvalue weighted by Crippen LogP contribution is 2.72. The maximum absolute atomic E-state index is 14.0. The molecule has 8 rings (SSSR count). The largest absolute Gasteiger partial charge is 0.465 e. The van der Waals surface area contributed by atoms with E-state index in [2.05, 4.69) is 75.5 Å². The Bertz CT molecular complexity index is 2030. The van der Waals surface area contributed by atoms with E-state index in [1.807, 2.05) is 36.4 Å². The number of amides is 1. The predicted molar refractivity (Wildman–Crippen MR) is 230 cm³/mol. The fourth-order valence-electron chi connectivity index (χ4n) is 13.9. The number of allylic oxidation sites excluding steroid dienone is 2. The smallest absolute Gasteiger partial charge is 0.407 e. The van der Waals surface area contributed by atoms with Crippen LogP contribution < -0.4 is 5.32 Å². The van der Waals surface area contributed by atoms with Crippen LogP contribution in [0.25, 0.3) is 16.7 Å². The predicted octanol–water partition coefficient (Wildman–Crippen LogP) is 10.4. The van der Waals surface area contributed by atoms with Gasteiger partial charge in [0.25, 0.3) is 0 Å². The number of methoxy groups -OCH3 is 1. The first-order valence-electron chi connectivity index (χ1n) is 21.5. The monoisotopic (exact) mass is 807 g/mol. The van der Waals surface area contributed by atoms with Gasteiger partial charge in [-0.2, -0.15) is 0 Å². The Labute approximate surface area is 349 Å². The summed E-state index contributed by atoms with van der Waals surface area (Å²) in [5.74, 6) is 1.30. The van der Waals surface area contributed by atoms with Crippen molar-refractivity contribution in [2.24, 2.45) is 45.8 Å². The molecular weight excluding hydrogens is 746 g/mol. The SMILES string of the molecule is COC(=O)c1ccc(C2=CCC3(C)C(CCC4(C)C5CCC(CCl)(NC(=O)OCC6c7ccccc7-c7ccccc76)C(CC(C)(O)CO)C5CCC43)C2(C)C)cc1. The topological polar surface area (TPSA) is 105 Å². The second kappa shape index (κ2) is 15.1. The highest BCUT2D eigenvalue weighted by atomic mass is 35.5. The summed E-state index contributed by atoms with van der Waals surface area (Å²) in [4.78, 5) is 26.2. The molecule has 1 amide bonds. The summed E-state index contributed by atoms with van der Waals surface area (Å²) in [6.07, 6.45) is 9.27. The van der Waals surface area contributed by atoms with E-state index in [1.54, 1.807) is 6.92 Å². The van der Waals surface area contributed by atoms with Crippen molar-refractivity contribution >= 4 is 29.2 Å². The fourth-order valence-corrected chi connectivity index (χ4v) is 14.3. The highest BCUT2D eigenvalue weighted by molar-refractivity contribution is 6.18. The lowest BCUT2D eigenvalue weighted by atomic mass is 9.36. The average molecular weight is 808 g/mol. The number of fused-ring (bicyclic) bond motifs is 8. The summed E-state index contributed by atoms with van der Waals surface area (Å²) >= 11 is 7.01. The quantitative estimate of drug-likeness (QED) is 0.147. The van der Waals surface area contributed by atoms with Gasteiger partial charge in [0, 0.05) is 11.8 Å². The van der Waals surface area contributed by atoms with Crippen molar-refractivity contribution in [3.63, 3.8) is 0 Å². The van der Waals surface area contributed by atoms with E-state index in [1.165, 1.54) is 29.4 Å². The van der Waals surface area contributed by atoms with Crippen LogP contribution in [0.1, 0.15) is 119 Å². The minimum absolute atomic E-state index is 0.0544. The second-order valence-corrected chi connectivity index (χ2v) is 20.1. The molecule has 9 unspecified atom stereocenters. The van der Waals surface area contributed by atoms with Crippen molar-refractivity contribution in [1.82, 2.24) is 5.32 Å². The standard InChI is InChI=1S/C50H62ClNO6/c1-46(2)39(31-15-17-32(18-16-31)44(54)57-6)21-24-49(5)42(46)23-25-48(4)40-22-26-50(29-51,41(27-47(3,56)30-53)37(40)19-20-43(48)49)52-45(55)58-28-38-35-13-9-7-11-33(35)34-12-8-10-14-36(34)38/h7-18,21,37-38,40-43,53,56H,19-20,22-30H2,1-6H3,(H,52,55). The van der Waals surface area contributed by atoms with Gasteiger partial charge in [-0.15, -0.1) is 11.6 Å². The molecule has 5 aliphatic rings. The van der Waals surface area contributed by atoms with E-state index in [0.717, 1.165) is 49.7 Å². The molecule has 0 radical (unpaired) electrons. The van der Waals surface area contributed by atoms with Gasteiger partial charge in [-0.25, -0.2) is 9.59 Å². The van der Waals surface area contributed by atoms with Gasteiger partial charge in [0.1, 0.15) is 6.61 Å². The summed E-state index contributed by atoms with van der Waals surface area (Å²) in [6.45, 7) is 11.5. The molecule has 5 aliphatic carbocycles. The summed E-state index contributed by atoms with van der Waals surface area (Å²) < 4.78 is 11.1. The normalized spacial score (nSPS) is 33.2. The Morgan fingerprint density at radius 1 is 0.862 bits per heavy atom. The number of carbonyl (C=O) groups excluding carboxylic acids is 2. The van der Waals surface area contributed by atoms with Crippen LogP contribution in [0, 0.1) is 45.8 Å². The number of alkyl carbamates (subject to hydrolysis) is 1. The molecule has 58 heavy (non-hydrogen) atoms. The van der Waals surface area contributed by atoms with Crippen LogP contribution in [-0.4, -0.2) is 59.6 Å². The van der Waals surface area contributed by atoms with Gasteiger partial charge >= 0.3 is 12.1 Å². The number of rotatable bonds is 9. The van der Waals surface area contributed by atoms with Gasteiger partial charge in [-0.05, 0) is 150 Å². The highest BCUT2D eigenvalue weighted by Gasteiger charge is 2.65. The van der Waals surface area contributed by atoms with Crippen LogP contribution in [0.4, 0.5) is 4.79 Å².